The normalized spacial score (nSPS) is 24.5. The smallest absolute Gasteiger partial charge is 0.317 e. The van der Waals surface area contributed by atoms with Crippen LogP contribution in [0, 0.1) is 0 Å². The number of aliphatic hydroxyl groups is 1. The topological polar surface area (TPSA) is 71.0 Å². The number of carbonyl (C=O) groups is 1. The fourth-order valence-corrected chi connectivity index (χ4v) is 2.62. The minimum atomic E-state index is -0.411. The van der Waals surface area contributed by atoms with Gasteiger partial charge in [-0.05, 0) is 25.0 Å². The molecule has 1 aromatic rings. The second-order valence-corrected chi connectivity index (χ2v) is 5.43. The van der Waals surface area contributed by atoms with Gasteiger partial charge >= 0.3 is 6.03 Å². The summed E-state index contributed by atoms with van der Waals surface area (Å²) in [5.41, 5.74) is 0. The fraction of sp³-hybridized carbons (Fsp3) is 0.533. The first-order valence-electron chi connectivity index (χ1n) is 7.31. The number of likely N-dealkylation sites (tertiary alicyclic amines) is 1. The Morgan fingerprint density at radius 1 is 1.38 bits per heavy atom. The van der Waals surface area contributed by atoms with E-state index >= 15 is 0 Å². The SMILES string of the molecule is O=C(NC[C@@H]1COc2ccccc2O1)N1CCC[C@@H](O)C1. The lowest BCUT2D eigenvalue weighted by Gasteiger charge is -2.31. The quantitative estimate of drug-likeness (QED) is 0.853. The summed E-state index contributed by atoms with van der Waals surface area (Å²) in [6, 6.07) is 7.34. The molecule has 2 amide bonds. The predicted octanol–water partition coefficient (Wildman–Crippen LogP) is 0.993. The molecule has 2 aliphatic heterocycles. The highest BCUT2D eigenvalue weighted by Gasteiger charge is 2.24. The Morgan fingerprint density at radius 2 is 2.19 bits per heavy atom. The highest BCUT2D eigenvalue weighted by Crippen LogP contribution is 2.30. The van der Waals surface area contributed by atoms with Crippen LogP contribution in [0.25, 0.3) is 0 Å². The van der Waals surface area contributed by atoms with Crippen LogP contribution < -0.4 is 14.8 Å². The zero-order valence-electron chi connectivity index (χ0n) is 11.8. The van der Waals surface area contributed by atoms with Crippen LogP contribution >= 0.6 is 0 Å². The Labute approximate surface area is 123 Å². The Bertz CT molecular complexity index is 508. The maximum Gasteiger partial charge on any atom is 0.317 e. The van der Waals surface area contributed by atoms with E-state index in [-0.39, 0.29) is 12.1 Å². The average molecular weight is 292 g/mol. The number of hydrogen-bond donors (Lipinski definition) is 2. The van der Waals surface area contributed by atoms with Gasteiger partial charge in [-0.3, -0.25) is 0 Å². The van der Waals surface area contributed by atoms with Gasteiger partial charge in [-0.15, -0.1) is 0 Å². The molecule has 1 aromatic carbocycles. The van der Waals surface area contributed by atoms with E-state index in [0.29, 0.717) is 32.0 Å². The summed E-state index contributed by atoms with van der Waals surface area (Å²) >= 11 is 0. The maximum absolute atomic E-state index is 12.0. The van der Waals surface area contributed by atoms with Crippen LogP contribution in [-0.4, -0.2) is 54.5 Å². The third-order valence-corrected chi connectivity index (χ3v) is 3.73. The number of ether oxygens (including phenoxy) is 2. The van der Waals surface area contributed by atoms with Crippen molar-refractivity contribution < 1.29 is 19.4 Å². The monoisotopic (exact) mass is 292 g/mol. The molecule has 114 valence electrons. The van der Waals surface area contributed by atoms with Gasteiger partial charge < -0.3 is 24.8 Å². The van der Waals surface area contributed by atoms with Gasteiger partial charge in [-0.2, -0.15) is 0 Å². The van der Waals surface area contributed by atoms with E-state index in [0.717, 1.165) is 18.6 Å². The van der Waals surface area contributed by atoms with Crippen molar-refractivity contribution in [2.75, 3.05) is 26.2 Å². The van der Waals surface area contributed by atoms with Gasteiger partial charge in [0, 0.05) is 13.1 Å². The summed E-state index contributed by atoms with van der Waals surface area (Å²) in [5, 5.41) is 12.4. The van der Waals surface area contributed by atoms with Gasteiger partial charge in [0.25, 0.3) is 0 Å². The minimum absolute atomic E-state index is 0.156. The Balaban J connectivity index is 1.49. The number of urea groups is 1. The summed E-state index contributed by atoms with van der Waals surface area (Å²) in [6.45, 7) is 1.89. The fourth-order valence-electron chi connectivity index (χ4n) is 2.62. The molecule has 1 saturated heterocycles. The molecule has 1 fully saturated rings. The molecular weight excluding hydrogens is 272 g/mol. The van der Waals surface area contributed by atoms with Crippen LogP contribution in [0.4, 0.5) is 4.79 Å². The number of aliphatic hydroxyl groups excluding tert-OH is 1. The highest BCUT2D eigenvalue weighted by atomic mass is 16.6. The molecule has 2 aliphatic rings. The van der Waals surface area contributed by atoms with E-state index in [4.69, 9.17) is 9.47 Å². The van der Waals surface area contributed by atoms with E-state index in [9.17, 15) is 9.90 Å². The van der Waals surface area contributed by atoms with Crippen LogP contribution in [0.15, 0.2) is 24.3 Å². The molecule has 21 heavy (non-hydrogen) atoms. The van der Waals surface area contributed by atoms with Crippen molar-refractivity contribution in [3.8, 4) is 11.5 Å². The van der Waals surface area contributed by atoms with E-state index in [1.54, 1.807) is 4.90 Å². The van der Waals surface area contributed by atoms with E-state index < -0.39 is 6.10 Å². The van der Waals surface area contributed by atoms with Gasteiger partial charge in [-0.25, -0.2) is 4.79 Å². The molecule has 0 unspecified atom stereocenters. The number of hydrogen-bond acceptors (Lipinski definition) is 4. The third kappa shape index (κ3) is 3.39. The lowest BCUT2D eigenvalue weighted by molar-refractivity contribution is 0.0756. The average Bonchev–Trinajstić information content (AvgIpc) is 2.52. The van der Waals surface area contributed by atoms with Crippen molar-refractivity contribution in [1.82, 2.24) is 10.2 Å². The second-order valence-electron chi connectivity index (χ2n) is 5.43. The van der Waals surface area contributed by atoms with Crippen molar-refractivity contribution in [3.63, 3.8) is 0 Å². The van der Waals surface area contributed by atoms with Crippen molar-refractivity contribution in [2.24, 2.45) is 0 Å². The zero-order valence-corrected chi connectivity index (χ0v) is 11.8. The minimum Gasteiger partial charge on any atom is -0.486 e. The highest BCUT2D eigenvalue weighted by molar-refractivity contribution is 5.74. The predicted molar refractivity (Wildman–Crippen MR) is 76.6 cm³/mol. The number of nitrogens with one attached hydrogen (secondary N) is 1. The lowest BCUT2D eigenvalue weighted by atomic mass is 10.1. The Kier molecular flexibility index (Phi) is 4.15. The maximum atomic E-state index is 12.0. The van der Waals surface area contributed by atoms with Crippen molar-refractivity contribution in [2.45, 2.75) is 25.0 Å². The van der Waals surface area contributed by atoms with Gasteiger partial charge in [0.1, 0.15) is 6.61 Å². The molecule has 0 radical (unpaired) electrons. The van der Waals surface area contributed by atoms with Gasteiger partial charge in [0.2, 0.25) is 0 Å². The van der Waals surface area contributed by atoms with Gasteiger partial charge in [0.05, 0.1) is 12.6 Å². The molecule has 2 atom stereocenters. The molecule has 0 spiro atoms. The molecule has 6 heteroatoms. The van der Waals surface area contributed by atoms with Crippen molar-refractivity contribution >= 4 is 6.03 Å². The number of rotatable bonds is 2. The van der Waals surface area contributed by atoms with Crippen LogP contribution in [0.3, 0.4) is 0 Å². The standard InChI is InChI=1S/C15H20N2O4/c18-11-4-3-7-17(9-11)15(19)16-8-12-10-20-13-5-1-2-6-14(13)21-12/h1-2,5-6,11-12,18H,3-4,7-10H2,(H,16,19)/t11-,12-/m1/s1. The molecule has 6 nitrogen and oxygen atoms in total. The number of piperidine rings is 1. The molecule has 2 heterocycles. The molecule has 0 bridgehead atoms. The number of benzene rings is 1. The molecular formula is C15H20N2O4. The zero-order chi connectivity index (χ0) is 14.7. The second kappa shape index (κ2) is 6.22. The summed E-state index contributed by atoms with van der Waals surface area (Å²) < 4.78 is 11.4. The first kappa shape index (κ1) is 14.0. The van der Waals surface area contributed by atoms with Crippen molar-refractivity contribution in [1.29, 1.82) is 0 Å². The molecule has 3 rings (SSSR count). The summed E-state index contributed by atoms with van der Waals surface area (Å²) in [7, 11) is 0. The third-order valence-electron chi connectivity index (χ3n) is 3.73. The molecule has 2 N–H and O–H groups in total. The molecule has 0 saturated carbocycles. The Morgan fingerprint density at radius 3 is 3.00 bits per heavy atom. The first-order chi connectivity index (χ1) is 10.2. The number of nitrogens with zero attached hydrogens (tertiary/aromatic N) is 1. The number of carbonyl (C=O) groups excluding carboxylic acids is 1. The van der Waals surface area contributed by atoms with Crippen LogP contribution in [-0.2, 0) is 0 Å². The van der Waals surface area contributed by atoms with Crippen LogP contribution in [0.1, 0.15) is 12.8 Å². The van der Waals surface area contributed by atoms with Crippen LogP contribution in [0.5, 0.6) is 11.5 Å². The van der Waals surface area contributed by atoms with Gasteiger partial charge in [-0.1, -0.05) is 12.1 Å². The summed E-state index contributed by atoms with van der Waals surface area (Å²) in [4.78, 5) is 13.7. The summed E-state index contributed by atoms with van der Waals surface area (Å²) in [5.74, 6) is 1.44. The lowest BCUT2D eigenvalue weighted by Crippen LogP contribution is -2.50. The summed E-state index contributed by atoms with van der Waals surface area (Å²) in [6.07, 6.45) is 0.995. The first-order valence-corrected chi connectivity index (χ1v) is 7.31. The number of para-hydroxylation sites is 2. The number of amides is 2. The largest absolute Gasteiger partial charge is 0.486 e. The van der Waals surface area contributed by atoms with E-state index in [1.807, 2.05) is 24.3 Å². The molecule has 0 aliphatic carbocycles. The van der Waals surface area contributed by atoms with Crippen LogP contribution in [0.2, 0.25) is 0 Å². The number of β-amino-alcohol motifs (C(OH)–C–C–N with tert-alkyl or cyclic N) is 1. The Hall–Kier alpha value is -1.95. The van der Waals surface area contributed by atoms with E-state index in [1.165, 1.54) is 0 Å². The van der Waals surface area contributed by atoms with Gasteiger partial charge in [0.15, 0.2) is 17.6 Å². The van der Waals surface area contributed by atoms with E-state index in [2.05, 4.69) is 5.32 Å². The van der Waals surface area contributed by atoms with Crippen molar-refractivity contribution in [3.05, 3.63) is 24.3 Å². The molecule has 0 aromatic heterocycles. The number of fused-ring (bicyclic) bond motifs is 1.